The molecule has 0 aliphatic carbocycles. The first-order valence-corrected chi connectivity index (χ1v) is 4.22. The lowest BCUT2D eigenvalue weighted by atomic mass is 10.2. The molecule has 0 spiro atoms. The summed E-state index contributed by atoms with van der Waals surface area (Å²) >= 11 is 0. The molecule has 0 fully saturated rings. The Morgan fingerprint density at radius 2 is 2.25 bits per heavy atom. The minimum atomic E-state index is -0.443. The first kappa shape index (κ1) is 11.2. The molecule has 0 radical (unpaired) electrons. The van der Waals surface area contributed by atoms with Crippen LogP contribution in [0.4, 0.5) is 0 Å². The topological polar surface area (TPSA) is 55.1 Å². The van der Waals surface area contributed by atoms with Gasteiger partial charge in [-0.25, -0.2) is 0 Å². The SMILES string of the molecule is C=CCC(N)C(=O)NCC(C)C. The molecule has 0 saturated carbocycles. The number of nitrogens with two attached hydrogens (primary N) is 1. The zero-order valence-corrected chi connectivity index (χ0v) is 7.84. The Hall–Kier alpha value is -0.830. The molecule has 0 aromatic heterocycles. The van der Waals surface area contributed by atoms with Gasteiger partial charge in [-0.3, -0.25) is 4.79 Å². The molecule has 3 N–H and O–H groups in total. The van der Waals surface area contributed by atoms with Crippen LogP contribution < -0.4 is 11.1 Å². The van der Waals surface area contributed by atoms with Crippen LogP contribution in [0.1, 0.15) is 20.3 Å². The zero-order valence-electron chi connectivity index (χ0n) is 7.84. The number of carbonyl (C=O) groups is 1. The Balaban J connectivity index is 3.63. The maximum atomic E-state index is 11.2. The fraction of sp³-hybridized carbons (Fsp3) is 0.667. The van der Waals surface area contributed by atoms with Gasteiger partial charge in [0.15, 0.2) is 0 Å². The van der Waals surface area contributed by atoms with Crippen molar-refractivity contribution in [3.8, 4) is 0 Å². The highest BCUT2D eigenvalue weighted by atomic mass is 16.2. The second-order valence-electron chi connectivity index (χ2n) is 3.27. The Morgan fingerprint density at radius 1 is 1.67 bits per heavy atom. The predicted molar refractivity (Wildman–Crippen MR) is 50.6 cm³/mol. The number of carbonyl (C=O) groups excluding carboxylic acids is 1. The van der Waals surface area contributed by atoms with Gasteiger partial charge in [0.05, 0.1) is 6.04 Å². The van der Waals surface area contributed by atoms with Gasteiger partial charge in [-0.15, -0.1) is 6.58 Å². The Morgan fingerprint density at radius 3 is 2.67 bits per heavy atom. The number of amides is 1. The molecule has 3 heteroatoms. The van der Waals surface area contributed by atoms with E-state index in [1.165, 1.54) is 0 Å². The molecule has 0 aliphatic rings. The predicted octanol–water partition coefficient (Wildman–Crippen LogP) is 0.662. The van der Waals surface area contributed by atoms with Crippen molar-refractivity contribution in [2.24, 2.45) is 11.7 Å². The summed E-state index contributed by atoms with van der Waals surface area (Å²) in [5.74, 6) is 0.369. The van der Waals surface area contributed by atoms with E-state index in [1.54, 1.807) is 6.08 Å². The fourth-order valence-corrected chi connectivity index (χ4v) is 0.722. The Labute approximate surface area is 74.0 Å². The highest BCUT2D eigenvalue weighted by molar-refractivity contribution is 5.81. The van der Waals surface area contributed by atoms with Crippen molar-refractivity contribution in [3.05, 3.63) is 12.7 Å². The summed E-state index contributed by atoms with van der Waals surface area (Å²) in [6.45, 7) is 8.28. The molecule has 0 bridgehead atoms. The molecular formula is C9H18N2O. The van der Waals surface area contributed by atoms with Crippen LogP contribution in [0.25, 0.3) is 0 Å². The molecule has 1 atom stereocenters. The fourth-order valence-electron chi connectivity index (χ4n) is 0.722. The highest BCUT2D eigenvalue weighted by Crippen LogP contribution is 1.91. The van der Waals surface area contributed by atoms with Crippen molar-refractivity contribution in [2.45, 2.75) is 26.3 Å². The van der Waals surface area contributed by atoms with Crippen LogP contribution in [0.5, 0.6) is 0 Å². The molecule has 70 valence electrons. The molecule has 0 aliphatic heterocycles. The van der Waals surface area contributed by atoms with E-state index in [2.05, 4.69) is 11.9 Å². The van der Waals surface area contributed by atoms with Gasteiger partial charge in [0.2, 0.25) is 5.91 Å². The van der Waals surface area contributed by atoms with E-state index in [1.807, 2.05) is 13.8 Å². The van der Waals surface area contributed by atoms with Crippen LogP contribution in [0.2, 0.25) is 0 Å². The van der Waals surface area contributed by atoms with Crippen molar-refractivity contribution < 1.29 is 4.79 Å². The maximum absolute atomic E-state index is 11.2. The first-order valence-electron chi connectivity index (χ1n) is 4.22. The average Bonchev–Trinajstić information content (AvgIpc) is 2.00. The highest BCUT2D eigenvalue weighted by Gasteiger charge is 2.10. The van der Waals surface area contributed by atoms with Gasteiger partial charge in [0.1, 0.15) is 0 Å². The van der Waals surface area contributed by atoms with Crippen LogP contribution in [-0.4, -0.2) is 18.5 Å². The van der Waals surface area contributed by atoms with E-state index >= 15 is 0 Å². The smallest absolute Gasteiger partial charge is 0.237 e. The number of rotatable bonds is 5. The monoisotopic (exact) mass is 170 g/mol. The number of nitrogens with one attached hydrogen (secondary N) is 1. The molecule has 1 unspecified atom stereocenters. The van der Waals surface area contributed by atoms with E-state index in [0.29, 0.717) is 18.9 Å². The van der Waals surface area contributed by atoms with Crippen LogP contribution >= 0.6 is 0 Å². The quantitative estimate of drug-likeness (QED) is 0.596. The van der Waals surface area contributed by atoms with E-state index in [9.17, 15) is 4.79 Å². The van der Waals surface area contributed by atoms with Crippen molar-refractivity contribution in [3.63, 3.8) is 0 Å². The second kappa shape index (κ2) is 5.77. The minimum Gasteiger partial charge on any atom is -0.354 e. The molecule has 0 saturated heterocycles. The van der Waals surface area contributed by atoms with Crippen LogP contribution in [0.15, 0.2) is 12.7 Å². The van der Waals surface area contributed by atoms with Crippen molar-refractivity contribution >= 4 is 5.91 Å². The van der Waals surface area contributed by atoms with Crippen LogP contribution in [0, 0.1) is 5.92 Å². The largest absolute Gasteiger partial charge is 0.354 e. The van der Waals surface area contributed by atoms with Crippen molar-refractivity contribution in [1.82, 2.24) is 5.32 Å². The lowest BCUT2D eigenvalue weighted by Gasteiger charge is -2.11. The van der Waals surface area contributed by atoms with Gasteiger partial charge in [-0.1, -0.05) is 19.9 Å². The van der Waals surface area contributed by atoms with Gasteiger partial charge in [0.25, 0.3) is 0 Å². The molecular weight excluding hydrogens is 152 g/mol. The van der Waals surface area contributed by atoms with Gasteiger partial charge in [-0.05, 0) is 12.3 Å². The first-order chi connectivity index (χ1) is 5.57. The zero-order chi connectivity index (χ0) is 9.56. The summed E-state index contributed by atoms with van der Waals surface area (Å²) in [6.07, 6.45) is 2.18. The Kier molecular flexibility index (Phi) is 5.37. The summed E-state index contributed by atoms with van der Waals surface area (Å²) in [6, 6.07) is -0.443. The third-order valence-corrected chi connectivity index (χ3v) is 1.44. The van der Waals surface area contributed by atoms with Gasteiger partial charge in [0, 0.05) is 6.54 Å². The van der Waals surface area contributed by atoms with Gasteiger partial charge >= 0.3 is 0 Å². The molecule has 0 rings (SSSR count). The van der Waals surface area contributed by atoms with Crippen molar-refractivity contribution in [1.29, 1.82) is 0 Å². The number of hydrogen-bond donors (Lipinski definition) is 2. The standard InChI is InChI=1S/C9H18N2O/c1-4-5-8(10)9(12)11-6-7(2)3/h4,7-8H,1,5-6,10H2,2-3H3,(H,11,12). The molecule has 3 nitrogen and oxygen atoms in total. The lowest BCUT2D eigenvalue weighted by molar-refractivity contribution is -0.122. The van der Waals surface area contributed by atoms with Crippen LogP contribution in [0.3, 0.4) is 0 Å². The van der Waals surface area contributed by atoms with Crippen molar-refractivity contribution in [2.75, 3.05) is 6.54 Å². The van der Waals surface area contributed by atoms with Crippen LogP contribution in [-0.2, 0) is 4.79 Å². The third-order valence-electron chi connectivity index (χ3n) is 1.44. The van der Waals surface area contributed by atoms with Gasteiger partial charge < -0.3 is 11.1 Å². The summed E-state index contributed by atoms with van der Waals surface area (Å²) < 4.78 is 0. The van der Waals surface area contributed by atoms with E-state index in [0.717, 1.165) is 0 Å². The Bertz CT molecular complexity index is 155. The maximum Gasteiger partial charge on any atom is 0.237 e. The summed E-state index contributed by atoms with van der Waals surface area (Å²) in [5.41, 5.74) is 5.53. The normalized spacial score (nSPS) is 12.7. The molecule has 0 aromatic carbocycles. The second-order valence-corrected chi connectivity index (χ2v) is 3.27. The summed E-state index contributed by atoms with van der Waals surface area (Å²) in [7, 11) is 0. The third kappa shape index (κ3) is 4.91. The molecule has 0 aromatic rings. The van der Waals surface area contributed by atoms with Gasteiger partial charge in [-0.2, -0.15) is 0 Å². The summed E-state index contributed by atoms with van der Waals surface area (Å²) in [4.78, 5) is 11.2. The molecule has 12 heavy (non-hydrogen) atoms. The van der Waals surface area contributed by atoms with E-state index in [-0.39, 0.29) is 5.91 Å². The summed E-state index contributed by atoms with van der Waals surface area (Å²) in [5, 5.41) is 2.75. The van der Waals surface area contributed by atoms with E-state index < -0.39 is 6.04 Å². The molecule has 1 amide bonds. The lowest BCUT2D eigenvalue weighted by Crippen LogP contribution is -2.41. The number of hydrogen-bond acceptors (Lipinski definition) is 2. The van der Waals surface area contributed by atoms with E-state index in [4.69, 9.17) is 5.73 Å². The molecule has 0 heterocycles. The minimum absolute atomic E-state index is 0.0939. The average molecular weight is 170 g/mol.